The van der Waals surface area contributed by atoms with Crippen molar-refractivity contribution in [3.63, 3.8) is 0 Å². The van der Waals surface area contributed by atoms with Crippen molar-refractivity contribution in [2.45, 2.75) is 44.4 Å². The molecule has 2 N–H and O–H groups in total. The van der Waals surface area contributed by atoms with Crippen LogP contribution in [0, 0.1) is 11.3 Å². The molecule has 0 aromatic heterocycles. The number of hydrogen-bond donors (Lipinski definition) is 1. The average molecular weight is 260 g/mol. The molecule has 0 aliphatic heterocycles. The number of nitrogens with zero attached hydrogens (tertiary/aromatic N) is 1. The standard InChI is InChI=1S/C15H20N2O2/c1-18-15-7-11(5-6-12(15)9-16)10-19-14-4-2-3-13(17)8-14/h5-7,13-14H,2-4,8,10,17H2,1H3. The SMILES string of the molecule is COc1cc(COC2CCCC(N)C2)ccc1C#N. The zero-order valence-electron chi connectivity index (χ0n) is 11.3. The molecule has 1 aromatic rings. The fraction of sp³-hybridized carbons (Fsp3) is 0.533. The normalized spacial score (nSPS) is 22.8. The van der Waals surface area contributed by atoms with Crippen LogP contribution in [-0.2, 0) is 11.3 Å². The van der Waals surface area contributed by atoms with Crippen molar-refractivity contribution in [3.05, 3.63) is 29.3 Å². The van der Waals surface area contributed by atoms with E-state index in [1.165, 1.54) is 0 Å². The van der Waals surface area contributed by atoms with Gasteiger partial charge in [-0.1, -0.05) is 6.07 Å². The molecule has 2 atom stereocenters. The molecule has 0 heterocycles. The lowest BCUT2D eigenvalue weighted by atomic mass is 9.93. The molecule has 0 amide bonds. The summed E-state index contributed by atoms with van der Waals surface area (Å²) < 4.78 is 11.1. The van der Waals surface area contributed by atoms with E-state index in [2.05, 4.69) is 6.07 Å². The molecule has 1 saturated carbocycles. The van der Waals surface area contributed by atoms with Gasteiger partial charge in [-0.3, -0.25) is 0 Å². The van der Waals surface area contributed by atoms with Crippen molar-refractivity contribution < 1.29 is 9.47 Å². The number of nitrogens with two attached hydrogens (primary N) is 1. The van der Waals surface area contributed by atoms with Crippen molar-refractivity contribution in [2.75, 3.05) is 7.11 Å². The van der Waals surface area contributed by atoms with Gasteiger partial charge in [0.05, 0.1) is 25.4 Å². The van der Waals surface area contributed by atoms with Crippen molar-refractivity contribution in [1.29, 1.82) is 5.26 Å². The summed E-state index contributed by atoms with van der Waals surface area (Å²) in [5.74, 6) is 0.601. The molecule has 2 unspecified atom stereocenters. The summed E-state index contributed by atoms with van der Waals surface area (Å²) in [6.07, 6.45) is 4.52. The molecule has 102 valence electrons. The molecule has 1 fully saturated rings. The van der Waals surface area contributed by atoms with Crippen LogP contribution >= 0.6 is 0 Å². The van der Waals surface area contributed by atoms with E-state index in [9.17, 15) is 0 Å². The number of hydrogen-bond acceptors (Lipinski definition) is 4. The van der Waals surface area contributed by atoms with Gasteiger partial charge in [-0.25, -0.2) is 0 Å². The Bertz CT molecular complexity index is 468. The molecule has 0 radical (unpaired) electrons. The van der Waals surface area contributed by atoms with Crippen LogP contribution in [0.25, 0.3) is 0 Å². The average Bonchev–Trinajstić information content (AvgIpc) is 2.45. The maximum atomic E-state index is 8.93. The molecule has 1 aliphatic rings. The van der Waals surface area contributed by atoms with Gasteiger partial charge in [-0.05, 0) is 43.4 Å². The second kappa shape index (κ2) is 6.55. The van der Waals surface area contributed by atoms with Crippen LogP contribution in [0.1, 0.15) is 36.8 Å². The fourth-order valence-corrected chi connectivity index (χ4v) is 2.46. The van der Waals surface area contributed by atoms with Crippen LogP contribution in [0.15, 0.2) is 18.2 Å². The van der Waals surface area contributed by atoms with Gasteiger partial charge in [-0.15, -0.1) is 0 Å². The summed E-state index contributed by atoms with van der Waals surface area (Å²) in [4.78, 5) is 0. The third-order valence-electron chi connectivity index (χ3n) is 3.54. The maximum absolute atomic E-state index is 8.93. The predicted octanol–water partition coefficient (Wildman–Crippen LogP) is 2.35. The van der Waals surface area contributed by atoms with Crippen molar-refractivity contribution in [1.82, 2.24) is 0 Å². The topological polar surface area (TPSA) is 68.3 Å². The smallest absolute Gasteiger partial charge is 0.136 e. The van der Waals surface area contributed by atoms with Crippen molar-refractivity contribution in [3.8, 4) is 11.8 Å². The van der Waals surface area contributed by atoms with E-state index in [0.717, 1.165) is 31.2 Å². The summed E-state index contributed by atoms with van der Waals surface area (Å²) in [5.41, 5.74) is 7.51. The zero-order chi connectivity index (χ0) is 13.7. The highest BCUT2D eigenvalue weighted by atomic mass is 16.5. The van der Waals surface area contributed by atoms with E-state index in [-0.39, 0.29) is 12.1 Å². The molecule has 4 heteroatoms. The summed E-state index contributed by atoms with van der Waals surface area (Å²) in [5, 5.41) is 8.93. The van der Waals surface area contributed by atoms with Crippen molar-refractivity contribution in [2.24, 2.45) is 5.73 Å². The first-order valence-corrected chi connectivity index (χ1v) is 6.67. The van der Waals surface area contributed by atoms with Crippen LogP contribution < -0.4 is 10.5 Å². The van der Waals surface area contributed by atoms with E-state index in [1.54, 1.807) is 13.2 Å². The Labute approximate surface area is 114 Å². The predicted molar refractivity (Wildman–Crippen MR) is 72.7 cm³/mol. The third-order valence-corrected chi connectivity index (χ3v) is 3.54. The highest BCUT2D eigenvalue weighted by molar-refractivity contribution is 5.45. The summed E-state index contributed by atoms with van der Waals surface area (Å²) >= 11 is 0. The first-order chi connectivity index (χ1) is 9.22. The monoisotopic (exact) mass is 260 g/mol. The molecule has 19 heavy (non-hydrogen) atoms. The molecule has 1 aromatic carbocycles. The second-order valence-electron chi connectivity index (χ2n) is 5.01. The van der Waals surface area contributed by atoms with Crippen LogP contribution in [0.4, 0.5) is 0 Å². The first kappa shape index (κ1) is 13.9. The Morgan fingerprint density at radius 2 is 2.26 bits per heavy atom. The lowest BCUT2D eigenvalue weighted by molar-refractivity contribution is 0.0122. The summed E-state index contributed by atoms with van der Waals surface area (Å²) in [7, 11) is 1.57. The van der Waals surface area contributed by atoms with E-state index >= 15 is 0 Å². The molecule has 4 nitrogen and oxygen atoms in total. The Morgan fingerprint density at radius 1 is 1.42 bits per heavy atom. The van der Waals surface area contributed by atoms with Gasteiger partial charge in [0.2, 0.25) is 0 Å². The third kappa shape index (κ3) is 3.69. The van der Waals surface area contributed by atoms with Crippen LogP contribution in [0.5, 0.6) is 5.75 Å². The maximum Gasteiger partial charge on any atom is 0.136 e. The van der Waals surface area contributed by atoms with Crippen LogP contribution in [-0.4, -0.2) is 19.3 Å². The minimum Gasteiger partial charge on any atom is -0.495 e. The van der Waals surface area contributed by atoms with Gasteiger partial charge in [0, 0.05) is 6.04 Å². The Balaban J connectivity index is 1.94. The minimum atomic E-state index is 0.255. The lowest BCUT2D eigenvalue weighted by Gasteiger charge is -2.26. The van der Waals surface area contributed by atoms with E-state index in [0.29, 0.717) is 17.9 Å². The first-order valence-electron chi connectivity index (χ1n) is 6.67. The molecule has 0 bridgehead atoms. The van der Waals surface area contributed by atoms with Gasteiger partial charge < -0.3 is 15.2 Å². The molecule has 2 rings (SSSR count). The van der Waals surface area contributed by atoms with Crippen molar-refractivity contribution >= 4 is 0 Å². The number of rotatable bonds is 4. The fourth-order valence-electron chi connectivity index (χ4n) is 2.46. The zero-order valence-corrected chi connectivity index (χ0v) is 11.3. The number of nitriles is 1. The molecular weight excluding hydrogens is 240 g/mol. The minimum absolute atomic E-state index is 0.255. The number of ether oxygens (including phenoxy) is 2. The van der Waals surface area contributed by atoms with Crippen LogP contribution in [0.3, 0.4) is 0 Å². The van der Waals surface area contributed by atoms with Gasteiger partial charge in [0.25, 0.3) is 0 Å². The van der Waals surface area contributed by atoms with Gasteiger partial charge in [0.1, 0.15) is 11.8 Å². The molecular formula is C15H20N2O2. The van der Waals surface area contributed by atoms with E-state index < -0.39 is 0 Å². The quantitative estimate of drug-likeness (QED) is 0.902. The highest BCUT2D eigenvalue weighted by Gasteiger charge is 2.19. The molecule has 0 spiro atoms. The Hall–Kier alpha value is -1.57. The van der Waals surface area contributed by atoms with Gasteiger partial charge >= 0.3 is 0 Å². The van der Waals surface area contributed by atoms with Crippen LogP contribution in [0.2, 0.25) is 0 Å². The largest absolute Gasteiger partial charge is 0.495 e. The number of methoxy groups -OCH3 is 1. The Morgan fingerprint density at radius 3 is 2.95 bits per heavy atom. The number of benzene rings is 1. The second-order valence-corrected chi connectivity index (χ2v) is 5.01. The molecule has 1 aliphatic carbocycles. The van der Waals surface area contributed by atoms with Gasteiger partial charge in [-0.2, -0.15) is 5.26 Å². The van der Waals surface area contributed by atoms with Gasteiger partial charge in [0.15, 0.2) is 0 Å². The Kier molecular flexibility index (Phi) is 4.78. The van der Waals surface area contributed by atoms with E-state index in [4.69, 9.17) is 20.5 Å². The lowest BCUT2D eigenvalue weighted by Crippen LogP contribution is -2.32. The highest BCUT2D eigenvalue weighted by Crippen LogP contribution is 2.23. The summed E-state index contributed by atoms with van der Waals surface area (Å²) in [6.45, 7) is 0.541. The summed E-state index contributed by atoms with van der Waals surface area (Å²) in [6, 6.07) is 7.91. The van der Waals surface area contributed by atoms with E-state index in [1.807, 2.05) is 12.1 Å². The molecule has 0 saturated heterocycles.